The molecule has 0 radical (unpaired) electrons. The lowest BCUT2D eigenvalue weighted by Gasteiger charge is -2.11. The van der Waals surface area contributed by atoms with Gasteiger partial charge in [0.25, 0.3) is 0 Å². The van der Waals surface area contributed by atoms with Gasteiger partial charge in [0.05, 0.1) is 7.11 Å². The van der Waals surface area contributed by atoms with Crippen molar-refractivity contribution in [2.45, 2.75) is 38.4 Å². The van der Waals surface area contributed by atoms with Crippen LogP contribution in [-0.2, 0) is 17.8 Å². The molecule has 5 nitrogen and oxygen atoms in total. The van der Waals surface area contributed by atoms with E-state index in [1.54, 1.807) is 7.11 Å². The second-order valence-electron chi connectivity index (χ2n) is 6.29. The van der Waals surface area contributed by atoms with Crippen LogP contribution in [0.1, 0.15) is 36.1 Å². The molecule has 2 aromatic rings. The van der Waals surface area contributed by atoms with E-state index in [0.29, 0.717) is 13.0 Å². The molecule has 1 aliphatic heterocycles. The number of rotatable bonds is 6. The fourth-order valence-corrected chi connectivity index (χ4v) is 2.99. The maximum atomic E-state index is 12.4. The summed E-state index contributed by atoms with van der Waals surface area (Å²) in [4.78, 5) is 12.4. The van der Waals surface area contributed by atoms with E-state index in [-0.39, 0.29) is 18.0 Å². The molecule has 0 aliphatic carbocycles. The number of benzene rings is 2. The maximum absolute atomic E-state index is 12.4. The second kappa shape index (κ2) is 8.14. The van der Waals surface area contributed by atoms with Crippen molar-refractivity contribution in [1.29, 1.82) is 0 Å². The molecule has 1 heterocycles. The van der Waals surface area contributed by atoms with Crippen LogP contribution in [0.3, 0.4) is 0 Å². The van der Waals surface area contributed by atoms with E-state index in [0.717, 1.165) is 23.3 Å². The quantitative estimate of drug-likeness (QED) is 0.757. The average molecular weight is 339 g/mol. The number of carbonyl (C=O) groups is 1. The number of aryl methyl sites for hydroxylation is 1. The molecular formula is C20H25N3O2. The lowest BCUT2D eigenvalue weighted by atomic mass is 10.0. The molecule has 1 saturated heterocycles. The van der Waals surface area contributed by atoms with Gasteiger partial charge in [-0.1, -0.05) is 43.3 Å². The van der Waals surface area contributed by atoms with Gasteiger partial charge in [0.2, 0.25) is 5.91 Å². The van der Waals surface area contributed by atoms with Crippen molar-refractivity contribution in [2.75, 3.05) is 7.11 Å². The Morgan fingerprint density at radius 3 is 2.40 bits per heavy atom. The van der Waals surface area contributed by atoms with E-state index in [1.807, 2.05) is 24.3 Å². The summed E-state index contributed by atoms with van der Waals surface area (Å²) in [5, 5.41) is 3.01. The minimum Gasteiger partial charge on any atom is -0.497 e. The third-order valence-electron chi connectivity index (χ3n) is 4.64. The van der Waals surface area contributed by atoms with E-state index in [4.69, 9.17) is 4.74 Å². The molecule has 132 valence electrons. The Morgan fingerprint density at radius 1 is 1.08 bits per heavy atom. The van der Waals surface area contributed by atoms with Crippen molar-refractivity contribution in [3.05, 3.63) is 65.2 Å². The first-order valence-corrected chi connectivity index (χ1v) is 8.70. The SMILES string of the molecule is CCc1ccc(CNC(=O)C2CC(c3ccc(OC)cc3)NN2)cc1. The number of carbonyl (C=O) groups excluding carboxylic acids is 1. The normalized spacial score (nSPS) is 19.6. The molecule has 5 heteroatoms. The summed E-state index contributed by atoms with van der Waals surface area (Å²) in [7, 11) is 1.65. The van der Waals surface area contributed by atoms with Gasteiger partial charge in [0.15, 0.2) is 0 Å². The first-order chi connectivity index (χ1) is 12.2. The van der Waals surface area contributed by atoms with Gasteiger partial charge < -0.3 is 10.1 Å². The number of hydrazine groups is 1. The van der Waals surface area contributed by atoms with Crippen LogP contribution >= 0.6 is 0 Å². The molecule has 3 rings (SSSR count). The molecule has 2 unspecified atom stereocenters. The monoisotopic (exact) mass is 339 g/mol. The van der Waals surface area contributed by atoms with Crippen molar-refractivity contribution in [3.8, 4) is 5.75 Å². The summed E-state index contributed by atoms with van der Waals surface area (Å²) >= 11 is 0. The summed E-state index contributed by atoms with van der Waals surface area (Å²) < 4.78 is 5.18. The van der Waals surface area contributed by atoms with E-state index in [1.165, 1.54) is 5.56 Å². The molecule has 1 fully saturated rings. The van der Waals surface area contributed by atoms with Gasteiger partial charge in [-0.2, -0.15) is 0 Å². The molecule has 0 aromatic heterocycles. The molecule has 2 atom stereocenters. The Labute approximate surface area is 148 Å². The van der Waals surface area contributed by atoms with Crippen LogP contribution in [0.25, 0.3) is 0 Å². The number of ether oxygens (including phenoxy) is 1. The number of hydrogen-bond donors (Lipinski definition) is 3. The Hall–Kier alpha value is -2.37. The van der Waals surface area contributed by atoms with Crippen LogP contribution in [0.2, 0.25) is 0 Å². The van der Waals surface area contributed by atoms with Crippen LogP contribution < -0.4 is 20.9 Å². The predicted octanol–water partition coefficient (Wildman–Crippen LogP) is 2.48. The fraction of sp³-hybridized carbons (Fsp3) is 0.350. The molecule has 0 bridgehead atoms. The van der Waals surface area contributed by atoms with Crippen LogP contribution in [0.4, 0.5) is 0 Å². The highest BCUT2D eigenvalue weighted by molar-refractivity contribution is 5.82. The van der Waals surface area contributed by atoms with E-state index in [9.17, 15) is 4.79 Å². The number of amides is 1. The first kappa shape index (κ1) is 17.5. The maximum Gasteiger partial charge on any atom is 0.238 e. The number of hydrogen-bond acceptors (Lipinski definition) is 4. The molecule has 25 heavy (non-hydrogen) atoms. The topological polar surface area (TPSA) is 62.4 Å². The number of nitrogens with one attached hydrogen (secondary N) is 3. The molecule has 1 aliphatic rings. The largest absolute Gasteiger partial charge is 0.497 e. The Bertz CT molecular complexity index is 698. The van der Waals surface area contributed by atoms with Crippen LogP contribution in [0.15, 0.2) is 48.5 Å². The van der Waals surface area contributed by atoms with E-state index in [2.05, 4.69) is 47.4 Å². The Morgan fingerprint density at radius 2 is 1.76 bits per heavy atom. The molecular weight excluding hydrogens is 314 g/mol. The van der Waals surface area contributed by atoms with Gasteiger partial charge in [-0.05, 0) is 41.7 Å². The lowest BCUT2D eigenvalue weighted by molar-refractivity contribution is -0.123. The van der Waals surface area contributed by atoms with E-state index < -0.39 is 0 Å². The molecule has 1 amide bonds. The average Bonchev–Trinajstić information content (AvgIpc) is 3.17. The van der Waals surface area contributed by atoms with Gasteiger partial charge >= 0.3 is 0 Å². The molecule has 2 aromatic carbocycles. The van der Waals surface area contributed by atoms with Gasteiger partial charge in [0.1, 0.15) is 11.8 Å². The highest BCUT2D eigenvalue weighted by Gasteiger charge is 2.29. The van der Waals surface area contributed by atoms with Crippen molar-refractivity contribution in [2.24, 2.45) is 0 Å². The smallest absolute Gasteiger partial charge is 0.238 e. The third kappa shape index (κ3) is 4.38. The van der Waals surface area contributed by atoms with Gasteiger partial charge in [-0.3, -0.25) is 4.79 Å². The molecule has 0 saturated carbocycles. The summed E-state index contributed by atoms with van der Waals surface area (Å²) in [6.45, 7) is 2.68. The Balaban J connectivity index is 1.51. The first-order valence-electron chi connectivity index (χ1n) is 8.70. The van der Waals surface area contributed by atoms with Crippen LogP contribution in [-0.4, -0.2) is 19.1 Å². The highest BCUT2D eigenvalue weighted by Crippen LogP contribution is 2.24. The van der Waals surface area contributed by atoms with E-state index >= 15 is 0 Å². The van der Waals surface area contributed by atoms with Crippen LogP contribution in [0, 0.1) is 0 Å². The third-order valence-corrected chi connectivity index (χ3v) is 4.64. The van der Waals surface area contributed by atoms with Crippen molar-refractivity contribution in [3.63, 3.8) is 0 Å². The van der Waals surface area contributed by atoms with Gasteiger partial charge in [0, 0.05) is 12.6 Å². The highest BCUT2D eigenvalue weighted by atomic mass is 16.5. The summed E-state index contributed by atoms with van der Waals surface area (Å²) in [6.07, 6.45) is 1.74. The summed E-state index contributed by atoms with van der Waals surface area (Å²) in [5.74, 6) is 0.848. The minimum atomic E-state index is -0.234. The Kier molecular flexibility index (Phi) is 5.68. The second-order valence-corrected chi connectivity index (χ2v) is 6.29. The summed E-state index contributed by atoms with van der Waals surface area (Å²) in [5.41, 5.74) is 9.85. The molecule has 0 spiro atoms. The van der Waals surface area contributed by atoms with Crippen molar-refractivity contribution in [1.82, 2.24) is 16.2 Å². The molecule has 3 N–H and O–H groups in total. The zero-order valence-electron chi connectivity index (χ0n) is 14.7. The minimum absolute atomic E-state index is 0.0167. The zero-order valence-corrected chi connectivity index (χ0v) is 14.7. The van der Waals surface area contributed by atoms with Crippen molar-refractivity contribution < 1.29 is 9.53 Å². The van der Waals surface area contributed by atoms with Gasteiger partial charge in [-0.25, -0.2) is 10.9 Å². The standard InChI is InChI=1S/C20H25N3O2/c1-3-14-4-6-15(7-5-14)13-21-20(24)19-12-18(22-23-19)16-8-10-17(25-2)11-9-16/h4-11,18-19,22-23H,3,12-13H2,1-2H3,(H,21,24). The number of methoxy groups -OCH3 is 1. The lowest BCUT2D eigenvalue weighted by Crippen LogP contribution is -2.42. The van der Waals surface area contributed by atoms with Crippen molar-refractivity contribution >= 4 is 5.91 Å². The van der Waals surface area contributed by atoms with Gasteiger partial charge in [-0.15, -0.1) is 0 Å². The fourth-order valence-electron chi connectivity index (χ4n) is 2.99. The van der Waals surface area contributed by atoms with Crippen LogP contribution in [0.5, 0.6) is 5.75 Å². The zero-order chi connectivity index (χ0) is 17.6. The summed E-state index contributed by atoms with van der Waals surface area (Å²) in [6, 6.07) is 16.1. The predicted molar refractivity (Wildman–Crippen MR) is 98.1 cm³/mol.